The summed E-state index contributed by atoms with van der Waals surface area (Å²) < 4.78 is 13.0. The zero-order chi connectivity index (χ0) is 9.14. The summed E-state index contributed by atoms with van der Waals surface area (Å²) in [7, 11) is 0. The molecular weight excluding hydrogens is 175 g/mol. The van der Waals surface area contributed by atoms with E-state index in [0.29, 0.717) is 17.0 Å². The second-order valence-corrected chi connectivity index (χ2v) is 3.31. The van der Waals surface area contributed by atoms with Crippen LogP contribution in [0.4, 0.5) is 4.39 Å². The Hall–Kier alpha value is -0.820. The number of aryl methyl sites for hydroxylation is 1. The van der Waals surface area contributed by atoms with E-state index < -0.39 is 0 Å². The lowest BCUT2D eigenvalue weighted by Gasteiger charge is -2.00. The molecule has 12 heavy (non-hydrogen) atoms. The largest absolute Gasteiger partial charge is 0.207 e. The van der Waals surface area contributed by atoms with E-state index >= 15 is 0 Å². The van der Waals surface area contributed by atoms with Gasteiger partial charge in [0.25, 0.3) is 0 Å². The topological polar surface area (TPSA) is 0 Å². The molecule has 0 radical (unpaired) electrons. The van der Waals surface area contributed by atoms with E-state index in [2.05, 4.69) is 6.58 Å². The Morgan fingerprint density at radius 2 is 2.25 bits per heavy atom. The number of hydrogen-bond acceptors (Lipinski definition) is 0. The van der Waals surface area contributed by atoms with E-state index in [0.717, 1.165) is 5.56 Å². The number of rotatable bonds is 2. The molecule has 2 heteroatoms. The standard InChI is InChI=1S/C10H10ClF/c1-7-3-4-9(5-8(2)11)6-10(7)12/h3-4,6H,2,5H2,1H3. The fraction of sp³-hybridized carbons (Fsp3) is 0.200. The van der Waals surface area contributed by atoms with Crippen LogP contribution in [0.5, 0.6) is 0 Å². The van der Waals surface area contributed by atoms with Gasteiger partial charge in [-0.15, -0.1) is 0 Å². The van der Waals surface area contributed by atoms with Crippen molar-refractivity contribution in [3.8, 4) is 0 Å². The van der Waals surface area contributed by atoms with Gasteiger partial charge in [0.05, 0.1) is 0 Å². The molecule has 1 aromatic carbocycles. The molecule has 64 valence electrons. The minimum atomic E-state index is -0.189. The van der Waals surface area contributed by atoms with E-state index in [9.17, 15) is 4.39 Å². The Labute approximate surface area is 76.7 Å². The molecule has 0 aliphatic rings. The number of hydrogen-bond donors (Lipinski definition) is 0. The normalized spacial score (nSPS) is 9.92. The van der Waals surface area contributed by atoms with E-state index in [4.69, 9.17) is 11.6 Å². The predicted molar refractivity (Wildman–Crippen MR) is 49.8 cm³/mol. The van der Waals surface area contributed by atoms with Crippen molar-refractivity contribution in [2.24, 2.45) is 0 Å². The maximum absolute atomic E-state index is 13.0. The van der Waals surface area contributed by atoms with Crippen molar-refractivity contribution in [3.63, 3.8) is 0 Å². The summed E-state index contributed by atoms with van der Waals surface area (Å²) in [4.78, 5) is 0. The molecule has 0 atom stereocenters. The van der Waals surface area contributed by atoms with Crippen LogP contribution in [0.1, 0.15) is 11.1 Å². The molecule has 0 unspecified atom stereocenters. The van der Waals surface area contributed by atoms with Crippen LogP contribution in [0.3, 0.4) is 0 Å². The third-order valence-corrected chi connectivity index (χ3v) is 1.77. The Morgan fingerprint density at radius 1 is 1.58 bits per heavy atom. The van der Waals surface area contributed by atoms with Crippen molar-refractivity contribution >= 4 is 11.6 Å². The van der Waals surface area contributed by atoms with Crippen LogP contribution in [0.25, 0.3) is 0 Å². The van der Waals surface area contributed by atoms with E-state index in [1.165, 1.54) is 6.07 Å². The highest BCUT2D eigenvalue weighted by Crippen LogP contribution is 2.13. The van der Waals surface area contributed by atoms with Crippen LogP contribution in [0.2, 0.25) is 0 Å². The van der Waals surface area contributed by atoms with Gasteiger partial charge < -0.3 is 0 Å². The van der Waals surface area contributed by atoms with Crippen molar-refractivity contribution < 1.29 is 4.39 Å². The summed E-state index contributed by atoms with van der Waals surface area (Å²) in [6, 6.07) is 5.08. The van der Waals surface area contributed by atoms with E-state index in [1.54, 1.807) is 13.0 Å². The zero-order valence-electron chi connectivity index (χ0n) is 6.90. The fourth-order valence-corrected chi connectivity index (χ4v) is 1.12. The van der Waals surface area contributed by atoms with Crippen molar-refractivity contribution in [3.05, 3.63) is 46.8 Å². The molecule has 0 saturated carbocycles. The smallest absolute Gasteiger partial charge is 0.126 e. The summed E-state index contributed by atoms with van der Waals surface area (Å²) in [5.41, 5.74) is 1.51. The predicted octanol–water partition coefficient (Wildman–Crippen LogP) is 3.43. The zero-order valence-corrected chi connectivity index (χ0v) is 7.66. The lowest BCUT2D eigenvalue weighted by atomic mass is 10.1. The quantitative estimate of drug-likeness (QED) is 0.661. The van der Waals surface area contributed by atoms with Crippen molar-refractivity contribution in [2.45, 2.75) is 13.3 Å². The molecule has 1 rings (SSSR count). The van der Waals surface area contributed by atoms with Crippen LogP contribution in [-0.2, 0) is 6.42 Å². The van der Waals surface area contributed by atoms with Gasteiger partial charge in [0.2, 0.25) is 0 Å². The van der Waals surface area contributed by atoms with Gasteiger partial charge in [0, 0.05) is 11.5 Å². The molecule has 0 aliphatic heterocycles. The Kier molecular flexibility index (Phi) is 2.88. The Morgan fingerprint density at radius 3 is 2.75 bits per heavy atom. The molecular formula is C10H10ClF. The summed E-state index contributed by atoms with van der Waals surface area (Å²) in [5.74, 6) is -0.189. The average molecular weight is 185 g/mol. The van der Waals surface area contributed by atoms with Crippen LogP contribution in [0, 0.1) is 12.7 Å². The average Bonchev–Trinajstić information content (AvgIpc) is 1.96. The monoisotopic (exact) mass is 184 g/mol. The van der Waals surface area contributed by atoms with Crippen LogP contribution < -0.4 is 0 Å². The van der Waals surface area contributed by atoms with Crippen LogP contribution >= 0.6 is 11.6 Å². The molecule has 0 fully saturated rings. The molecule has 0 aromatic heterocycles. The molecule has 0 N–H and O–H groups in total. The first-order chi connectivity index (χ1) is 5.59. The SMILES string of the molecule is C=C(Cl)Cc1ccc(C)c(F)c1. The van der Waals surface area contributed by atoms with E-state index in [1.807, 2.05) is 6.07 Å². The second-order valence-electron chi connectivity index (χ2n) is 2.78. The third kappa shape index (κ3) is 2.35. The van der Waals surface area contributed by atoms with Crippen molar-refractivity contribution in [1.82, 2.24) is 0 Å². The van der Waals surface area contributed by atoms with Gasteiger partial charge in [-0.3, -0.25) is 0 Å². The number of allylic oxidation sites excluding steroid dienone is 1. The lowest BCUT2D eigenvalue weighted by molar-refractivity contribution is 0.617. The molecule has 0 spiro atoms. The number of benzene rings is 1. The van der Waals surface area contributed by atoms with Gasteiger partial charge in [-0.25, -0.2) is 4.39 Å². The summed E-state index contributed by atoms with van der Waals surface area (Å²) in [5, 5.41) is 0.526. The summed E-state index contributed by atoms with van der Waals surface area (Å²) >= 11 is 5.59. The maximum atomic E-state index is 13.0. The molecule has 0 saturated heterocycles. The van der Waals surface area contributed by atoms with Crippen LogP contribution in [0.15, 0.2) is 29.8 Å². The van der Waals surface area contributed by atoms with E-state index in [-0.39, 0.29) is 5.82 Å². The highest BCUT2D eigenvalue weighted by atomic mass is 35.5. The van der Waals surface area contributed by atoms with Gasteiger partial charge in [0.15, 0.2) is 0 Å². The first-order valence-corrected chi connectivity index (χ1v) is 4.05. The lowest BCUT2D eigenvalue weighted by Crippen LogP contribution is -1.88. The fourth-order valence-electron chi connectivity index (χ4n) is 0.968. The van der Waals surface area contributed by atoms with Crippen molar-refractivity contribution in [2.75, 3.05) is 0 Å². The van der Waals surface area contributed by atoms with Gasteiger partial charge >= 0.3 is 0 Å². The highest BCUT2D eigenvalue weighted by Gasteiger charge is 1.99. The summed E-state index contributed by atoms with van der Waals surface area (Å²) in [6.45, 7) is 5.28. The molecule has 0 amide bonds. The van der Waals surface area contributed by atoms with Crippen LogP contribution in [-0.4, -0.2) is 0 Å². The maximum Gasteiger partial charge on any atom is 0.126 e. The minimum Gasteiger partial charge on any atom is -0.207 e. The Bertz CT molecular complexity index is 305. The minimum absolute atomic E-state index is 0.189. The molecule has 0 nitrogen and oxygen atoms in total. The number of halogens is 2. The first kappa shape index (κ1) is 9.27. The Balaban J connectivity index is 2.89. The molecule has 0 heterocycles. The second kappa shape index (κ2) is 3.72. The van der Waals surface area contributed by atoms with Gasteiger partial charge in [0.1, 0.15) is 5.82 Å². The van der Waals surface area contributed by atoms with Gasteiger partial charge in [-0.2, -0.15) is 0 Å². The molecule has 0 aliphatic carbocycles. The van der Waals surface area contributed by atoms with Crippen molar-refractivity contribution in [1.29, 1.82) is 0 Å². The highest BCUT2D eigenvalue weighted by molar-refractivity contribution is 6.29. The third-order valence-electron chi connectivity index (χ3n) is 1.63. The van der Waals surface area contributed by atoms with Gasteiger partial charge in [-0.05, 0) is 24.1 Å². The molecule has 1 aromatic rings. The molecule has 0 bridgehead atoms. The van der Waals surface area contributed by atoms with Gasteiger partial charge in [-0.1, -0.05) is 30.3 Å². The first-order valence-electron chi connectivity index (χ1n) is 3.68. The summed E-state index contributed by atoms with van der Waals surface area (Å²) in [6.07, 6.45) is 0.527.